The topological polar surface area (TPSA) is 53.4 Å². The quantitative estimate of drug-likeness (QED) is 0.468. The van der Waals surface area contributed by atoms with Crippen LogP contribution in [0.3, 0.4) is 0 Å². The van der Waals surface area contributed by atoms with E-state index in [1.807, 2.05) is 41.5 Å². The van der Waals surface area contributed by atoms with E-state index >= 15 is 0 Å². The molecule has 1 N–H and O–H groups in total. The van der Waals surface area contributed by atoms with Crippen LogP contribution in [0.25, 0.3) is 17.3 Å². The summed E-state index contributed by atoms with van der Waals surface area (Å²) in [4.78, 5) is 19.3. The van der Waals surface area contributed by atoms with Gasteiger partial charge in [0.15, 0.2) is 5.13 Å². The smallest absolute Gasteiger partial charge is 0.239 e. The number of phenolic OH excluding ortho intramolecular Hbond substituents is 1. The number of carbonyl (C=O) groups is 1. The van der Waals surface area contributed by atoms with Gasteiger partial charge in [0.2, 0.25) is 5.91 Å². The Morgan fingerprint density at radius 3 is 2.77 bits per heavy atom. The summed E-state index contributed by atoms with van der Waals surface area (Å²) < 4.78 is 0. The first-order chi connectivity index (χ1) is 14.9. The van der Waals surface area contributed by atoms with Crippen LogP contribution in [-0.2, 0) is 4.79 Å². The lowest BCUT2D eigenvalue weighted by Crippen LogP contribution is -2.32. The molecular weight excluding hydrogens is 424 g/mol. The van der Waals surface area contributed by atoms with Gasteiger partial charge in [0.1, 0.15) is 5.75 Å². The summed E-state index contributed by atoms with van der Waals surface area (Å²) in [5.41, 5.74) is 4.89. The number of aryl methyl sites for hydroxylation is 1. The molecule has 0 radical (unpaired) electrons. The van der Waals surface area contributed by atoms with Gasteiger partial charge >= 0.3 is 0 Å². The van der Waals surface area contributed by atoms with Crippen LogP contribution in [0, 0.1) is 6.92 Å². The number of aromatic hydroxyl groups is 1. The molecule has 2 aromatic carbocycles. The van der Waals surface area contributed by atoms with Crippen molar-refractivity contribution < 1.29 is 9.90 Å². The molecule has 0 aliphatic carbocycles. The van der Waals surface area contributed by atoms with Gasteiger partial charge in [0.05, 0.1) is 16.8 Å². The van der Waals surface area contributed by atoms with Crippen LogP contribution < -0.4 is 4.90 Å². The molecule has 1 aromatic heterocycles. The fraction of sp³-hybridized carbons (Fsp3) is 0.280. The Balaban J connectivity index is 1.56. The molecule has 0 bridgehead atoms. The highest BCUT2D eigenvalue weighted by Crippen LogP contribution is 2.39. The summed E-state index contributed by atoms with van der Waals surface area (Å²) in [6, 6.07) is 14.0. The number of thiazole rings is 1. The second-order valence-corrected chi connectivity index (χ2v) is 9.98. The van der Waals surface area contributed by atoms with Gasteiger partial charge in [-0.15, -0.1) is 23.1 Å². The van der Waals surface area contributed by atoms with E-state index in [1.54, 1.807) is 17.8 Å². The lowest BCUT2D eigenvalue weighted by Gasteiger charge is -2.19. The van der Waals surface area contributed by atoms with Crippen molar-refractivity contribution >= 4 is 40.2 Å². The van der Waals surface area contributed by atoms with Gasteiger partial charge in [-0.2, -0.15) is 0 Å². The van der Waals surface area contributed by atoms with E-state index in [1.165, 1.54) is 11.3 Å². The summed E-state index contributed by atoms with van der Waals surface area (Å²) in [7, 11) is 0. The number of benzene rings is 2. The van der Waals surface area contributed by atoms with E-state index < -0.39 is 0 Å². The molecule has 1 aliphatic rings. The number of hydrogen-bond acceptors (Lipinski definition) is 5. The van der Waals surface area contributed by atoms with Crippen molar-refractivity contribution in [2.75, 3.05) is 10.7 Å². The monoisotopic (exact) mass is 450 g/mol. The normalized spacial score (nSPS) is 16.7. The van der Waals surface area contributed by atoms with Gasteiger partial charge in [-0.05, 0) is 48.1 Å². The number of carbonyl (C=O) groups excluding carboxylic acids is 1. The third-order valence-electron chi connectivity index (χ3n) is 5.37. The maximum absolute atomic E-state index is 12.6. The SMILES string of the molecule is Cc1cc(O)c(C(C)C)cc1-c1csc(N2C(=O)CSC2C/C=C/c2ccccc2)n1. The van der Waals surface area contributed by atoms with E-state index in [0.29, 0.717) is 11.5 Å². The second kappa shape index (κ2) is 9.28. The molecule has 1 atom stereocenters. The average Bonchev–Trinajstić information content (AvgIpc) is 3.35. The fourth-order valence-corrected chi connectivity index (χ4v) is 5.75. The molecule has 1 amide bonds. The Hall–Kier alpha value is -2.57. The molecular formula is C25H26N2O2S2. The summed E-state index contributed by atoms with van der Waals surface area (Å²) in [5.74, 6) is 1.13. The van der Waals surface area contributed by atoms with Gasteiger partial charge < -0.3 is 5.11 Å². The number of thioether (sulfide) groups is 1. The number of aromatic nitrogens is 1. The molecule has 2 heterocycles. The molecule has 4 nitrogen and oxygen atoms in total. The molecule has 0 spiro atoms. The van der Waals surface area contributed by atoms with E-state index in [2.05, 4.69) is 38.1 Å². The molecule has 1 unspecified atom stereocenters. The minimum Gasteiger partial charge on any atom is -0.508 e. The lowest BCUT2D eigenvalue weighted by molar-refractivity contribution is -0.115. The molecule has 160 valence electrons. The first-order valence-corrected chi connectivity index (χ1v) is 12.3. The zero-order valence-electron chi connectivity index (χ0n) is 17.9. The van der Waals surface area contributed by atoms with E-state index in [0.717, 1.165) is 39.5 Å². The predicted octanol–water partition coefficient (Wildman–Crippen LogP) is 6.46. The fourth-order valence-electron chi connectivity index (χ4n) is 3.71. The highest BCUT2D eigenvalue weighted by Gasteiger charge is 2.34. The molecule has 31 heavy (non-hydrogen) atoms. The van der Waals surface area contributed by atoms with Crippen molar-refractivity contribution in [2.24, 2.45) is 0 Å². The van der Waals surface area contributed by atoms with Crippen LogP contribution in [-0.4, -0.2) is 27.1 Å². The van der Waals surface area contributed by atoms with Crippen LogP contribution in [0.1, 0.15) is 42.9 Å². The second-order valence-electron chi connectivity index (χ2n) is 7.97. The van der Waals surface area contributed by atoms with Crippen LogP contribution in [0.15, 0.2) is 53.9 Å². The summed E-state index contributed by atoms with van der Waals surface area (Å²) >= 11 is 3.16. The Morgan fingerprint density at radius 1 is 1.26 bits per heavy atom. The van der Waals surface area contributed by atoms with E-state index in [4.69, 9.17) is 4.98 Å². The molecule has 1 aliphatic heterocycles. The Bertz CT molecular complexity index is 1110. The maximum Gasteiger partial charge on any atom is 0.239 e. The first-order valence-electron chi connectivity index (χ1n) is 10.4. The Labute approximate surface area is 191 Å². The Kier molecular flexibility index (Phi) is 6.49. The molecule has 6 heteroatoms. The molecule has 1 fully saturated rings. The van der Waals surface area contributed by atoms with Gasteiger partial charge in [-0.25, -0.2) is 4.98 Å². The zero-order valence-corrected chi connectivity index (χ0v) is 19.5. The maximum atomic E-state index is 12.6. The van der Waals surface area contributed by atoms with Crippen LogP contribution >= 0.6 is 23.1 Å². The molecule has 4 rings (SSSR count). The van der Waals surface area contributed by atoms with Crippen LogP contribution in [0.4, 0.5) is 5.13 Å². The largest absolute Gasteiger partial charge is 0.508 e. The summed E-state index contributed by atoms with van der Waals surface area (Å²) in [5, 5.41) is 13.1. The third kappa shape index (κ3) is 4.70. The first kappa shape index (κ1) is 21.7. The van der Waals surface area contributed by atoms with Crippen molar-refractivity contribution in [1.29, 1.82) is 0 Å². The lowest BCUT2D eigenvalue weighted by atomic mass is 9.95. The zero-order chi connectivity index (χ0) is 22.0. The summed E-state index contributed by atoms with van der Waals surface area (Å²) in [6.45, 7) is 6.11. The van der Waals surface area contributed by atoms with Crippen molar-refractivity contribution in [3.05, 3.63) is 70.6 Å². The molecule has 3 aromatic rings. The van der Waals surface area contributed by atoms with Crippen LogP contribution in [0.2, 0.25) is 0 Å². The standard InChI is InChI=1S/C25H26N2O2S2/c1-16(2)19-13-20(17(3)12-22(19)28)21-14-31-25(26-21)27-23(29)15-30-24(27)11-7-10-18-8-5-4-6-9-18/h4-10,12-14,16,24,28H,11,15H2,1-3H3/b10-7+. The van der Waals surface area contributed by atoms with Gasteiger partial charge in [-0.3, -0.25) is 9.69 Å². The number of hydrogen-bond donors (Lipinski definition) is 1. The molecule has 1 saturated heterocycles. The number of nitrogens with zero attached hydrogens (tertiary/aromatic N) is 2. The van der Waals surface area contributed by atoms with Crippen molar-refractivity contribution in [3.8, 4) is 17.0 Å². The summed E-state index contributed by atoms with van der Waals surface area (Å²) in [6.07, 6.45) is 5.00. The van der Waals surface area contributed by atoms with E-state index in [9.17, 15) is 9.90 Å². The van der Waals surface area contributed by atoms with E-state index in [-0.39, 0.29) is 17.2 Å². The third-order valence-corrected chi connectivity index (χ3v) is 7.41. The minimum absolute atomic E-state index is 0.0543. The minimum atomic E-state index is 0.0543. The number of amides is 1. The number of anilines is 1. The number of phenols is 1. The van der Waals surface area contributed by atoms with Gasteiger partial charge in [-0.1, -0.05) is 56.3 Å². The van der Waals surface area contributed by atoms with Crippen molar-refractivity contribution in [3.63, 3.8) is 0 Å². The molecule has 0 saturated carbocycles. The van der Waals surface area contributed by atoms with Crippen LogP contribution in [0.5, 0.6) is 5.75 Å². The predicted molar refractivity (Wildman–Crippen MR) is 132 cm³/mol. The van der Waals surface area contributed by atoms with Crippen molar-refractivity contribution in [2.45, 2.75) is 38.5 Å². The highest BCUT2D eigenvalue weighted by molar-refractivity contribution is 8.01. The van der Waals surface area contributed by atoms with Gasteiger partial charge in [0, 0.05) is 10.9 Å². The average molecular weight is 451 g/mol. The highest BCUT2D eigenvalue weighted by atomic mass is 32.2. The van der Waals surface area contributed by atoms with Gasteiger partial charge in [0.25, 0.3) is 0 Å². The van der Waals surface area contributed by atoms with Crippen molar-refractivity contribution in [1.82, 2.24) is 4.98 Å². The Morgan fingerprint density at radius 2 is 2.03 bits per heavy atom. The number of rotatable bonds is 6.